The van der Waals surface area contributed by atoms with Crippen LogP contribution in [-0.4, -0.2) is 47.8 Å². The van der Waals surface area contributed by atoms with Gasteiger partial charge in [0.15, 0.2) is 0 Å². The Morgan fingerprint density at radius 1 is 1.18 bits per heavy atom. The van der Waals surface area contributed by atoms with Crippen LogP contribution in [0.25, 0.3) is 10.9 Å². The highest BCUT2D eigenvalue weighted by Crippen LogP contribution is 2.25. The Balaban J connectivity index is 1.17. The fourth-order valence-electron chi connectivity index (χ4n) is 4.12. The maximum Gasteiger partial charge on any atom is 0.269 e. The molecule has 3 N–H and O–H groups in total. The molecule has 3 unspecified atom stereocenters. The van der Waals surface area contributed by atoms with Crippen molar-refractivity contribution in [3.05, 3.63) is 70.1 Å². The number of rotatable bonds is 9. The van der Waals surface area contributed by atoms with E-state index < -0.39 is 11.9 Å². The molecule has 3 aromatic rings. The number of aliphatic hydroxyl groups is 1. The normalized spacial score (nSPS) is 18.7. The summed E-state index contributed by atoms with van der Waals surface area (Å²) in [4.78, 5) is 17.0. The number of nitrogens with zero attached hydrogens (tertiary/aromatic N) is 1. The van der Waals surface area contributed by atoms with E-state index in [1.165, 1.54) is 12.1 Å². The summed E-state index contributed by atoms with van der Waals surface area (Å²) in [6, 6.07) is 13.4. The lowest BCUT2D eigenvalue weighted by Gasteiger charge is -2.17. The van der Waals surface area contributed by atoms with Crippen LogP contribution >= 0.6 is 23.2 Å². The summed E-state index contributed by atoms with van der Waals surface area (Å²) >= 11 is 11.7. The van der Waals surface area contributed by atoms with E-state index in [1.54, 1.807) is 24.3 Å². The van der Waals surface area contributed by atoms with E-state index in [9.17, 15) is 14.3 Å². The summed E-state index contributed by atoms with van der Waals surface area (Å²) in [7, 11) is 0. The van der Waals surface area contributed by atoms with E-state index >= 15 is 0 Å². The second-order valence-corrected chi connectivity index (χ2v) is 9.41. The van der Waals surface area contributed by atoms with Gasteiger partial charge in [0.25, 0.3) is 5.91 Å². The summed E-state index contributed by atoms with van der Waals surface area (Å²) in [5, 5.41) is 18.1. The minimum Gasteiger partial charge on any atom is -0.491 e. The highest BCUT2D eigenvalue weighted by atomic mass is 35.5. The van der Waals surface area contributed by atoms with Crippen LogP contribution in [0.5, 0.6) is 5.75 Å². The topological polar surface area (TPSA) is 83.5 Å². The molecule has 0 aliphatic heterocycles. The van der Waals surface area contributed by atoms with Crippen molar-refractivity contribution in [1.82, 2.24) is 15.6 Å². The van der Waals surface area contributed by atoms with Gasteiger partial charge in [-0.3, -0.25) is 4.79 Å². The Morgan fingerprint density at radius 2 is 2.03 bits per heavy atom. The van der Waals surface area contributed by atoms with E-state index in [0.717, 1.165) is 30.2 Å². The first-order valence-corrected chi connectivity index (χ1v) is 12.0. The molecule has 4 rings (SSSR count). The van der Waals surface area contributed by atoms with Crippen LogP contribution in [-0.2, 0) is 0 Å². The second-order valence-electron chi connectivity index (χ2n) is 8.57. The molecule has 0 radical (unpaired) electrons. The molecule has 0 spiro atoms. The number of ether oxygens (including phenoxy) is 1. The number of hydrogen-bond acceptors (Lipinski definition) is 5. The van der Waals surface area contributed by atoms with Crippen molar-refractivity contribution >= 4 is 40.0 Å². The SMILES string of the molecule is O=C(NCC1CCC(NCC(O)COc2ccc(Cl)c(F)c2)C1)c1ccc2cc(Cl)ccc2n1. The van der Waals surface area contributed by atoms with Gasteiger partial charge in [-0.25, -0.2) is 9.37 Å². The smallest absolute Gasteiger partial charge is 0.269 e. The zero-order chi connectivity index (χ0) is 24.1. The van der Waals surface area contributed by atoms with E-state index in [2.05, 4.69) is 15.6 Å². The van der Waals surface area contributed by atoms with Crippen LogP contribution in [0.3, 0.4) is 0 Å². The number of benzene rings is 2. The standard InChI is InChI=1S/C25H26Cl2FN3O3/c26-17-3-8-23-16(10-17)2-7-24(31-23)25(33)30-12-15-1-4-18(9-15)29-13-19(32)14-34-20-5-6-21(27)22(28)11-20/h2-3,5-8,10-11,15,18-19,29,32H,1,4,9,12-14H2,(H,30,33). The molecule has 9 heteroatoms. The Hall–Kier alpha value is -2.45. The van der Waals surface area contributed by atoms with Crippen LogP contribution in [0.15, 0.2) is 48.5 Å². The van der Waals surface area contributed by atoms with E-state index in [1.807, 2.05) is 12.1 Å². The van der Waals surface area contributed by atoms with Gasteiger partial charge in [-0.15, -0.1) is 0 Å². The van der Waals surface area contributed by atoms with E-state index in [-0.39, 0.29) is 23.6 Å². The largest absolute Gasteiger partial charge is 0.491 e. The van der Waals surface area contributed by atoms with Gasteiger partial charge in [-0.2, -0.15) is 0 Å². The summed E-state index contributed by atoms with van der Waals surface area (Å²) in [6.07, 6.45) is 2.12. The maximum absolute atomic E-state index is 13.5. The van der Waals surface area contributed by atoms with Gasteiger partial charge in [0, 0.05) is 35.6 Å². The Labute approximate surface area is 207 Å². The van der Waals surface area contributed by atoms with Crippen LogP contribution in [0.4, 0.5) is 4.39 Å². The number of carbonyl (C=O) groups is 1. The molecule has 6 nitrogen and oxygen atoms in total. The van der Waals surface area contributed by atoms with Crippen molar-refractivity contribution in [2.45, 2.75) is 31.4 Å². The quantitative estimate of drug-likeness (QED) is 0.395. The van der Waals surface area contributed by atoms with Gasteiger partial charge >= 0.3 is 0 Å². The van der Waals surface area contributed by atoms with Gasteiger partial charge in [0.05, 0.1) is 10.5 Å². The average Bonchev–Trinajstić information content (AvgIpc) is 3.29. The average molecular weight is 506 g/mol. The molecule has 1 saturated carbocycles. The van der Waals surface area contributed by atoms with Crippen molar-refractivity contribution in [1.29, 1.82) is 0 Å². The van der Waals surface area contributed by atoms with Crippen LogP contribution < -0.4 is 15.4 Å². The Kier molecular flexibility index (Phi) is 8.21. The highest BCUT2D eigenvalue weighted by molar-refractivity contribution is 6.31. The lowest BCUT2D eigenvalue weighted by Crippen LogP contribution is -2.37. The lowest BCUT2D eigenvalue weighted by molar-refractivity contribution is 0.0942. The molecule has 1 heterocycles. The third-order valence-electron chi connectivity index (χ3n) is 5.95. The van der Waals surface area contributed by atoms with Gasteiger partial charge in [0.2, 0.25) is 0 Å². The molecule has 1 amide bonds. The number of aliphatic hydroxyl groups excluding tert-OH is 1. The van der Waals surface area contributed by atoms with Crippen molar-refractivity contribution in [3.8, 4) is 5.75 Å². The predicted octanol–water partition coefficient (Wildman–Crippen LogP) is 4.61. The molecule has 3 atom stereocenters. The first-order valence-electron chi connectivity index (χ1n) is 11.2. The fourth-order valence-corrected chi connectivity index (χ4v) is 4.42. The Bertz CT molecular complexity index is 1160. The molecule has 2 aromatic carbocycles. The lowest BCUT2D eigenvalue weighted by atomic mass is 10.1. The molecule has 1 aromatic heterocycles. The minimum absolute atomic E-state index is 0.0282. The van der Waals surface area contributed by atoms with E-state index in [0.29, 0.717) is 35.5 Å². The van der Waals surface area contributed by atoms with Gasteiger partial charge in [-0.1, -0.05) is 29.3 Å². The van der Waals surface area contributed by atoms with Crippen molar-refractivity contribution < 1.29 is 19.0 Å². The first kappa shape index (κ1) is 24.7. The van der Waals surface area contributed by atoms with Gasteiger partial charge in [0.1, 0.15) is 30.0 Å². The molecular weight excluding hydrogens is 480 g/mol. The molecule has 1 aliphatic carbocycles. The van der Waals surface area contributed by atoms with Gasteiger partial charge < -0.3 is 20.5 Å². The number of hydrogen-bond donors (Lipinski definition) is 3. The second kappa shape index (κ2) is 11.3. The highest BCUT2D eigenvalue weighted by Gasteiger charge is 2.25. The third kappa shape index (κ3) is 6.57. The molecule has 0 saturated heterocycles. The molecule has 0 bridgehead atoms. The Morgan fingerprint density at radius 3 is 2.85 bits per heavy atom. The van der Waals surface area contributed by atoms with Crippen LogP contribution in [0.1, 0.15) is 29.8 Å². The van der Waals surface area contributed by atoms with Gasteiger partial charge in [-0.05, 0) is 61.6 Å². The third-order valence-corrected chi connectivity index (χ3v) is 6.49. The molecular formula is C25H26Cl2FN3O3. The summed E-state index contributed by atoms with van der Waals surface area (Å²) in [5.41, 5.74) is 1.11. The van der Waals surface area contributed by atoms with Crippen molar-refractivity contribution in [2.24, 2.45) is 5.92 Å². The van der Waals surface area contributed by atoms with Crippen LogP contribution in [0.2, 0.25) is 10.0 Å². The van der Waals surface area contributed by atoms with Crippen molar-refractivity contribution in [3.63, 3.8) is 0 Å². The zero-order valence-electron chi connectivity index (χ0n) is 18.4. The number of aromatic nitrogens is 1. The summed E-state index contributed by atoms with van der Waals surface area (Å²) in [6.45, 7) is 0.987. The first-order chi connectivity index (χ1) is 16.4. The maximum atomic E-state index is 13.5. The zero-order valence-corrected chi connectivity index (χ0v) is 20.0. The number of nitrogens with one attached hydrogen (secondary N) is 2. The molecule has 180 valence electrons. The number of amides is 1. The molecule has 1 aliphatic rings. The summed E-state index contributed by atoms with van der Waals surface area (Å²) in [5.74, 6) is -0.0786. The van der Waals surface area contributed by atoms with E-state index in [4.69, 9.17) is 27.9 Å². The number of pyridine rings is 1. The fraction of sp³-hybridized carbons (Fsp3) is 0.360. The number of fused-ring (bicyclic) bond motifs is 1. The summed E-state index contributed by atoms with van der Waals surface area (Å²) < 4.78 is 18.9. The monoisotopic (exact) mass is 505 g/mol. The van der Waals surface area contributed by atoms with Crippen molar-refractivity contribution in [2.75, 3.05) is 19.7 Å². The van der Waals surface area contributed by atoms with Crippen LogP contribution in [0, 0.1) is 11.7 Å². The molecule has 34 heavy (non-hydrogen) atoms. The predicted molar refractivity (Wildman–Crippen MR) is 131 cm³/mol. The number of carbonyl (C=O) groups excluding carboxylic acids is 1. The minimum atomic E-state index is -0.730. The molecule has 1 fully saturated rings. The number of halogens is 3.